The number of rotatable bonds is 6. The number of anilines is 1. The number of nitrogens with zero attached hydrogens (tertiary/aromatic N) is 1. The maximum absolute atomic E-state index is 13.6. The summed E-state index contributed by atoms with van der Waals surface area (Å²) in [5.41, 5.74) is 5.52. The fourth-order valence-corrected chi connectivity index (χ4v) is 5.74. The van der Waals surface area contributed by atoms with E-state index in [-0.39, 0.29) is 31.1 Å². The monoisotopic (exact) mass is 530 g/mol. The fourth-order valence-electron chi connectivity index (χ4n) is 5.74. The molecule has 7 nitrogen and oxygen atoms in total. The van der Waals surface area contributed by atoms with Gasteiger partial charge in [0.05, 0.1) is 23.1 Å². The van der Waals surface area contributed by atoms with Gasteiger partial charge in [0.2, 0.25) is 12.7 Å². The van der Waals surface area contributed by atoms with E-state index in [9.17, 15) is 14.4 Å². The molecule has 4 aromatic carbocycles. The maximum Gasteiger partial charge on any atom is 0.261 e. The summed E-state index contributed by atoms with van der Waals surface area (Å²) in [7, 11) is 0. The first-order chi connectivity index (χ1) is 19.5. The Morgan fingerprint density at radius 1 is 0.800 bits per heavy atom. The summed E-state index contributed by atoms with van der Waals surface area (Å²) in [6.45, 7) is 2.33. The molecule has 1 fully saturated rings. The molecule has 0 unspecified atom stereocenters. The summed E-state index contributed by atoms with van der Waals surface area (Å²) in [5, 5.41) is 3.18. The molecule has 7 heteroatoms. The van der Waals surface area contributed by atoms with Crippen LogP contribution in [0.15, 0.2) is 84.9 Å². The van der Waals surface area contributed by atoms with Gasteiger partial charge in [-0.3, -0.25) is 19.3 Å². The zero-order valence-corrected chi connectivity index (χ0v) is 21.9. The second kappa shape index (κ2) is 9.09. The first kappa shape index (κ1) is 24.2. The molecular weight excluding hydrogens is 504 g/mol. The van der Waals surface area contributed by atoms with Gasteiger partial charge in [-0.1, -0.05) is 54.6 Å². The number of benzene rings is 4. The average molecular weight is 531 g/mol. The summed E-state index contributed by atoms with van der Waals surface area (Å²) < 4.78 is 11.0. The molecule has 40 heavy (non-hydrogen) atoms. The summed E-state index contributed by atoms with van der Waals surface area (Å²) >= 11 is 0. The first-order valence-corrected chi connectivity index (χ1v) is 13.3. The van der Waals surface area contributed by atoms with Crippen molar-refractivity contribution in [2.75, 3.05) is 12.1 Å². The van der Waals surface area contributed by atoms with Gasteiger partial charge in [0, 0.05) is 5.69 Å². The number of imide groups is 1. The SMILES string of the molecule is Cc1c(NC(=O)C2(c3ccc4c(c3)OCO4)CC2)cccc1-c1ccccc1CN1C(=O)c2ccccc2C1=O. The predicted octanol–water partition coefficient (Wildman–Crippen LogP) is 5.86. The molecule has 3 amide bonds. The number of hydrogen-bond acceptors (Lipinski definition) is 5. The normalized spacial score (nSPS) is 16.2. The van der Waals surface area contributed by atoms with Crippen molar-refractivity contribution in [1.82, 2.24) is 4.90 Å². The summed E-state index contributed by atoms with van der Waals surface area (Å²) in [6, 6.07) is 26.2. The van der Waals surface area contributed by atoms with Gasteiger partial charge >= 0.3 is 0 Å². The standard InChI is InChI=1S/C33H26N2O5/c1-20-23(24-8-3-2-7-21(24)18-35-30(36)25-9-4-5-10-26(25)31(35)37)11-6-12-27(20)34-32(38)33(15-16-33)22-13-14-28-29(17-22)40-19-39-28/h2-14,17H,15-16,18-19H2,1H3,(H,34,38). The number of ether oxygens (including phenoxy) is 2. The Hall–Kier alpha value is -4.91. The highest BCUT2D eigenvalue weighted by molar-refractivity contribution is 6.21. The number of carbonyl (C=O) groups is 3. The zero-order chi connectivity index (χ0) is 27.4. The van der Waals surface area contributed by atoms with Gasteiger partial charge in [0.25, 0.3) is 11.8 Å². The van der Waals surface area contributed by atoms with Crippen molar-refractivity contribution in [3.05, 3.63) is 113 Å². The Balaban J connectivity index is 1.17. The second-order valence-corrected chi connectivity index (χ2v) is 10.5. The molecule has 4 aromatic rings. The van der Waals surface area contributed by atoms with Crippen molar-refractivity contribution in [2.45, 2.75) is 31.7 Å². The molecule has 0 radical (unpaired) electrons. The summed E-state index contributed by atoms with van der Waals surface area (Å²) in [6.07, 6.45) is 1.53. The van der Waals surface area contributed by atoms with Gasteiger partial charge in [-0.2, -0.15) is 0 Å². The molecule has 0 spiro atoms. The number of amides is 3. The molecule has 1 N–H and O–H groups in total. The molecule has 0 atom stereocenters. The second-order valence-electron chi connectivity index (χ2n) is 10.5. The van der Waals surface area contributed by atoms with E-state index in [2.05, 4.69) is 5.32 Å². The van der Waals surface area contributed by atoms with Crippen LogP contribution in [0.25, 0.3) is 11.1 Å². The van der Waals surface area contributed by atoms with Crippen LogP contribution >= 0.6 is 0 Å². The number of nitrogens with one attached hydrogen (secondary N) is 1. The van der Waals surface area contributed by atoms with Crippen molar-refractivity contribution in [3.63, 3.8) is 0 Å². The van der Waals surface area contributed by atoms with Crippen molar-refractivity contribution in [2.24, 2.45) is 0 Å². The van der Waals surface area contributed by atoms with Crippen LogP contribution in [0.1, 0.15) is 50.2 Å². The summed E-state index contributed by atoms with van der Waals surface area (Å²) in [5.74, 6) is 0.747. The van der Waals surface area contributed by atoms with Crippen LogP contribution in [-0.2, 0) is 16.8 Å². The van der Waals surface area contributed by atoms with E-state index in [1.165, 1.54) is 4.90 Å². The third-order valence-electron chi connectivity index (χ3n) is 8.21. The minimum absolute atomic E-state index is 0.0501. The Bertz CT molecular complexity index is 1690. The van der Waals surface area contributed by atoms with E-state index in [0.717, 1.165) is 46.3 Å². The van der Waals surface area contributed by atoms with E-state index < -0.39 is 5.41 Å². The smallest absolute Gasteiger partial charge is 0.261 e. The molecule has 0 aromatic heterocycles. The topological polar surface area (TPSA) is 84.9 Å². The van der Waals surface area contributed by atoms with Crippen LogP contribution in [-0.4, -0.2) is 29.4 Å². The van der Waals surface area contributed by atoms with Gasteiger partial charge in [0.15, 0.2) is 11.5 Å². The van der Waals surface area contributed by atoms with Gasteiger partial charge in [0.1, 0.15) is 0 Å². The van der Waals surface area contributed by atoms with Crippen LogP contribution in [0, 0.1) is 6.92 Å². The number of carbonyl (C=O) groups excluding carboxylic acids is 3. The lowest BCUT2D eigenvalue weighted by atomic mass is 9.92. The van der Waals surface area contributed by atoms with Gasteiger partial charge in [-0.25, -0.2) is 0 Å². The minimum atomic E-state index is -0.590. The zero-order valence-electron chi connectivity index (χ0n) is 21.9. The average Bonchev–Trinajstić information content (AvgIpc) is 3.60. The van der Waals surface area contributed by atoms with Crippen LogP contribution < -0.4 is 14.8 Å². The highest BCUT2D eigenvalue weighted by Crippen LogP contribution is 2.51. The maximum atomic E-state index is 13.6. The van der Waals surface area contributed by atoms with Crippen LogP contribution in [0.5, 0.6) is 11.5 Å². The van der Waals surface area contributed by atoms with Gasteiger partial charge in [-0.15, -0.1) is 0 Å². The molecular formula is C33H26N2O5. The molecule has 0 bridgehead atoms. The van der Waals surface area contributed by atoms with E-state index in [1.54, 1.807) is 24.3 Å². The third kappa shape index (κ3) is 3.77. The molecule has 2 heterocycles. The van der Waals surface area contributed by atoms with Crippen LogP contribution in [0.2, 0.25) is 0 Å². The van der Waals surface area contributed by atoms with Gasteiger partial charge < -0.3 is 14.8 Å². The number of fused-ring (bicyclic) bond motifs is 2. The van der Waals surface area contributed by atoms with E-state index in [0.29, 0.717) is 22.6 Å². The molecule has 3 aliphatic rings. The van der Waals surface area contributed by atoms with Crippen molar-refractivity contribution < 1.29 is 23.9 Å². The largest absolute Gasteiger partial charge is 0.454 e. The molecule has 198 valence electrons. The molecule has 2 aliphatic heterocycles. The molecule has 1 saturated carbocycles. The summed E-state index contributed by atoms with van der Waals surface area (Å²) in [4.78, 5) is 41.0. The van der Waals surface area contributed by atoms with E-state index in [4.69, 9.17) is 9.47 Å². The van der Waals surface area contributed by atoms with Crippen LogP contribution in [0.4, 0.5) is 5.69 Å². The Morgan fingerprint density at radius 3 is 2.17 bits per heavy atom. The number of hydrogen-bond donors (Lipinski definition) is 1. The highest BCUT2D eigenvalue weighted by atomic mass is 16.7. The molecule has 1 aliphatic carbocycles. The van der Waals surface area contributed by atoms with Crippen LogP contribution in [0.3, 0.4) is 0 Å². The van der Waals surface area contributed by atoms with Crippen molar-refractivity contribution in [3.8, 4) is 22.6 Å². The van der Waals surface area contributed by atoms with E-state index in [1.807, 2.05) is 67.6 Å². The Labute approximate surface area is 231 Å². The van der Waals surface area contributed by atoms with Crippen molar-refractivity contribution >= 4 is 23.4 Å². The quantitative estimate of drug-likeness (QED) is 0.316. The van der Waals surface area contributed by atoms with E-state index >= 15 is 0 Å². The predicted molar refractivity (Wildman–Crippen MR) is 149 cm³/mol. The third-order valence-corrected chi connectivity index (χ3v) is 8.21. The lowest BCUT2D eigenvalue weighted by Gasteiger charge is -2.20. The molecule has 0 saturated heterocycles. The fraction of sp³-hybridized carbons (Fsp3) is 0.182. The highest BCUT2D eigenvalue weighted by Gasteiger charge is 2.51. The molecule has 7 rings (SSSR count). The minimum Gasteiger partial charge on any atom is -0.454 e. The Kier molecular flexibility index (Phi) is 5.49. The van der Waals surface area contributed by atoms with Gasteiger partial charge in [-0.05, 0) is 77.9 Å². The lowest BCUT2D eigenvalue weighted by molar-refractivity contribution is -0.118. The lowest BCUT2D eigenvalue weighted by Crippen LogP contribution is -2.29. The van der Waals surface area contributed by atoms with Crippen molar-refractivity contribution in [1.29, 1.82) is 0 Å². The first-order valence-electron chi connectivity index (χ1n) is 13.3. The Morgan fingerprint density at radius 2 is 1.45 bits per heavy atom.